The van der Waals surface area contributed by atoms with Gasteiger partial charge in [0.2, 0.25) is 11.8 Å². The van der Waals surface area contributed by atoms with Crippen LogP contribution < -0.4 is 16.4 Å². The van der Waals surface area contributed by atoms with E-state index in [2.05, 4.69) is 10.6 Å². The van der Waals surface area contributed by atoms with E-state index in [0.29, 0.717) is 5.69 Å². The Kier molecular flexibility index (Phi) is 5.44. The molecule has 104 valence electrons. The van der Waals surface area contributed by atoms with Crippen molar-refractivity contribution in [2.24, 2.45) is 11.7 Å². The maximum atomic E-state index is 12.9. The summed E-state index contributed by atoms with van der Waals surface area (Å²) in [6.45, 7) is 3.43. The molecule has 1 rings (SSSR count). The molecule has 1 atom stereocenters. The average molecular weight is 267 g/mol. The van der Waals surface area contributed by atoms with Gasteiger partial charge in [-0.3, -0.25) is 9.59 Å². The molecule has 2 amide bonds. The Labute approximate surface area is 111 Å². The van der Waals surface area contributed by atoms with E-state index in [-0.39, 0.29) is 18.4 Å². The first-order chi connectivity index (χ1) is 8.90. The highest BCUT2D eigenvalue weighted by Gasteiger charge is 2.17. The molecular formula is C13H18FN3O2. The van der Waals surface area contributed by atoms with Crippen LogP contribution in [0.1, 0.15) is 13.8 Å². The van der Waals surface area contributed by atoms with Crippen LogP contribution in [0.4, 0.5) is 10.1 Å². The fourth-order valence-corrected chi connectivity index (χ4v) is 1.36. The van der Waals surface area contributed by atoms with Crippen LogP contribution in [-0.4, -0.2) is 24.4 Å². The number of nitrogens with one attached hydrogen (secondary N) is 2. The molecule has 19 heavy (non-hydrogen) atoms. The van der Waals surface area contributed by atoms with Gasteiger partial charge in [0.1, 0.15) is 5.82 Å². The molecule has 0 spiro atoms. The zero-order valence-electron chi connectivity index (χ0n) is 10.9. The first-order valence-electron chi connectivity index (χ1n) is 5.99. The van der Waals surface area contributed by atoms with Crippen LogP contribution in [0, 0.1) is 11.7 Å². The third-order valence-corrected chi connectivity index (χ3v) is 2.55. The fraction of sp³-hybridized carbons (Fsp3) is 0.385. The molecule has 1 aromatic rings. The molecule has 0 radical (unpaired) electrons. The molecular weight excluding hydrogens is 249 g/mol. The molecule has 0 aliphatic carbocycles. The van der Waals surface area contributed by atoms with E-state index in [4.69, 9.17) is 5.73 Å². The van der Waals surface area contributed by atoms with Crippen molar-refractivity contribution in [3.05, 3.63) is 30.1 Å². The second-order valence-electron chi connectivity index (χ2n) is 4.55. The Bertz CT molecular complexity index is 463. The Hall–Kier alpha value is -1.95. The highest BCUT2D eigenvalue weighted by molar-refractivity contribution is 5.95. The summed E-state index contributed by atoms with van der Waals surface area (Å²) in [5.41, 5.74) is 5.97. The van der Waals surface area contributed by atoms with Gasteiger partial charge >= 0.3 is 0 Å². The second kappa shape index (κ2) is 6.84. The van der Waals surface area contributed by atoms with Gasteiger partial charge in [0.15, 0.2) is 0 Å². The summed E-state index contributed by atoms with van der Waals surface area (Å²) in [5, 5.41) is 4.90. The third kappa shape index (κ3) is 5.05. The molecule has 4 N–H and O–H groups in total. The van der Waals surface area contributed by atoms with Crippen molar-refractivity contribution >= 4 is 17.5 Å². The summed E-state index contributed by atoms with van der Waals surface area (Å²) < 4.78 is 12.9. The molecule has 5 nitrogen and oxygen atoms in total. The van der Waals surface area contributed by atoms with Crippen LogP contribution in [0.25, 0.3) is 0 Å². The quantitative estimate of drug-likeness (QED) is 0.740. The van der Waals surface area contributed by atoms with E-state index >= 15 is 0 Å². The minimum absolute atomic E-state index is 0.00807. The van der Waals surface area contributed by atoms with Gasteiger partial charge in [0.25, 0.3) is 0 Å². The van der Waals surface area contributed by atoms with Crippen molar-refractivity contribution in [3.63, 3.8) is 0 Å². The predicted molar refractivity (Wildman–Crippen MR) is 70.9 cm³/mol. The Morgan fingerprint density at radius 3 is 2.63 bits per heavy atom. The number of carbonyl (C=O) groups excluding carboxylic acids is 2. The second-order valence-corrected chi connectivity index (χ2v) is 4.55. The van der Waals surface area contributed by atoms with Gasteiger partial charge < -0.3 is 16.4 Å². The Balaban J connectivity index is 2.42. The zero-order chi connectivity index (χ0) is 14.4. The smallest absolute Gasteiger partial charge is 0.243 e. The van der Waals surface area contributed by atoms with Crippen molar-refractivity contribution in [2.75, 3.05) is 11.9 Å². The van der Waals surface area contributed by atoms with Gasteiger partial charge in [-0.25, -0.2) is 4.39 Å². The molecule has 0 aliphatic rings. The van der Waals surface area contributed by atoms with Crippen LogP contribution in [-0.2, 0) is 9.59 Å². The number of carbonyl (C=O) groups is 2. The van der Waals surface area contributed by atoms with Crippen LogP contribution in [0.15, 0.2) is 24.3 Å². The first kappa shape index (κ1) is 15.1. The normalized spacial score (nSPS) is 12.1. The maximum Gasteiger partial charge on any atom is 0.243 e. The van der Waals surface area contributed by atoms with E-state index in [1.54, 1.807) is 6.07 Å². The van der Waals surface area contributed by atoms with E-state index in [0.717, 1.165) is 0 Å². The lowest BCUT2D eigenvalue weighted by atomic mass is 10.1. The molecule has 0 saturated carbocycles. The molecule has 0 bridgehead atoms. The summed E-state index contributed by atoms with van der Waals surface area (Å²) in [4.78, 5) is 23.1. The molecule has 0 heterocycles. The van der Waals surface area contributed by atoms with Gasteiger partial charge in [-0.05, 0) is 24.1 Å². The van der Waals surface area contributed by atoms with E-state index in [9.17, 15) is 14.0 Å². The number of hydrogen-bond donors (Lipinski definition) is 3. The van der Waals surface area contributed by atoms with Crippen molar-refractivity contribution in [2.45, 2.75) is 19.9 Å². The number of hydrogen-bond acceptors (Lipinski definition) is 3. The van der Waals surface area contributed by atoms with Crippen LogP contribution in [0.5, 0.6) is 0 Å². The number of amides is 2. The van der Waals surface area contributed by atoms with Crippen LogP contribution in [0.3, 0.4) is 0 Å². The minimum atomic E-state index is -0.651. The molecule has 0 aromatic heterocycles. The summed E-state index contributed by atoms with van der Waals surface area (Å²) in [5.74, 6) is -1.27. The molecule has 1 aromatic carbocycles. The summed E-state index contributed by atoms with van der Waals surface area (Å²) in [7, 11) is 0. The zero-order valence-corrected chi connectivity index (χ0v) is 10.9. The number of halogens is 1. The number of benzene rings is 1. The largest absolute Gasteiger partial charge is 0.346 e. The topological polar surface area (TPSA) is 84.2 Å². The van der Waals surface area contributed by atoms with E-state index in [1.807, 2.05) is 13.8 Å². The summed E-state index contributed by atoms with van der Waals surface area (Å²) >= 11 is 0. The molecule has 0 saturated heterocycles. The van der Waals surface area contributed by atoms with E-state index in [1.165, 1.54) is 18.2 Å². The number of rotatable bonds is 5. The van der Waals surface area contributed by atoms with Crippen molar-refractivity contribution < 1.29 is 14.0 Å². The fourth-order valence-electron chi connectivity index (χ4n) is 1.36. The maximum absolute atomic E-state index is 12.9. The molecule has 0 aliphatic heterocycles. The van der Waals surface area contributed by atoms with E-state index < -0.39 is 17.8 Å². The van der Waals surface area contributed by atoms with Gasteiger partial charge in [-0.15, -0.1) is 0 Å². The monoisotopic (exact) mass is 267 g/mol. The third-order valence-electron chi connectivity index (χ3n) is 2.55. The first-order valence-corrected chi connectivity index (χ1v) is 5.99. The van der Waals surface area contributed by atoms with Gasteiger partial charge in [0.05, 0.1) is 12.6 Å². The molecule has 0 unspecified atom stereocenters. The minimum Gasteiger partial charge on any atom is -0.346 e. The number of anilines is 1. The Morgan fingerprint density at radius 1 is 1.37 bits per heavy atom. The van der Waals surface area contributed by atoms with Crippen molar-refractivity contribution in [1.29, 1.82) is 0 Å². The predicted octanol–water partition coefficient (Wildman–Crippen LogP) is 0.864. The van der Waals surface area contributed by atoms with Crippen LogP contribution in [0.2, 0.25) is 0 Å². The number of nitrogens with two attached hydrogens (primary N) is 1. The lowest BCUT2D eigenvalue weighted by molar-refractivity contribution is -0.125. The SMILES string of the molecule is CC(C)[C@H](N)C(=O)NCC(=O)Nc1cccc(F)c1. The summed E-state index contributed by atoms with van der Waals surface area (Å²) in [6, 6.07) is 4.86. The van der Waals surface area contributed by atoms with Crippen LogP contribution >= 0.6 is 0 Å². The standard InChI is InChI=1S/C13H18FN3O2/c1-8(2)12(15)13(19)16-7-11(18)17-10-5-3-4-9(14)6-10/h3-6,8,12H,7,15H2,1-2H3,(H,16,19)(H,17,18)/t12-/m0/s1. The lowest BCUT2D eigenvalue weighted by Gasteiger charge is -2.15. The Morgan fingerprint density at radius 2 is 2.05 bits per heavy atom. The average Bonchev–Trinajstić information content (AvgIpc) is 2.34. The highest BCUT2D eigenvalue weighted by atomic mass is 19.1. The van der Waals surface area contributed by atoms with Gasteiger partial charge in [-0.2, -0.15) is 0 Å². The van der Waals surface area contributed by atoms with Gasteiger partial charge in [0, 0.05) is 5.69 Å². The van der Waals surface area contributed by atoms with Gasteiger partial charge in [-0.1, -0.05) is 19.9 Å². The molecule has 0 fully saturated rings. The lowest BCUT2D eigenvalue weighted by Crippen LogP contribution is -2.46. The highest BCUT2D eigenvalue weighted by Crippen LogP contribution is 2.08. The van der Waals surface area contributed by atoms with Crippen molar-refractivity contribution in [1.82, 2.24) is 5.32 Å². The van der Waals surface area contributed by atoms with Crippen molar-refractivity contribution in [3.8, 4) is 0 Å². The molecule has 6 heteroatoms. The summed E-state index contributed by atoms with van der Waals surface area (Å²) in [6.07, 6.45) is 0.